The molecule has 5 nitrogen and oxygen atoms in total. The van der Waals surface area contributed by atoms with E-state index in [-0.39, 0.29) is 12.1 Å². The first-order valence-electron chi connectivity index (χ1n) is 7.85. The van der Waals surface area contributed by atoms with Gasteiger partial charge in [-0.3, -0.25) is 0 Å². The van der Waals surface area contributed by atoms with Crippen LogP contribution in [0.3, 0.4) is 0 Å². The molecule has 3 heterocycles. The molecule has 2 aromatic heterocycles. The predicted octanol–water partition coefficient (Wildman–Crippen LogP) is 2.57. The molecule has 1 aliphatic carbocycles. The summed E-state index contributed by atoms with van der Waals surface area (Å²) in [5.74, 6) is 0.441. The molecule has 2 aromatic rings. The van der Waals surface area contributed by atoms with Crippen LogP contribution in [0.1, 0.15) is 50.3 Å². The van der Waals surface area contributed by atoms with Gasteiger partial charge in [-0.1, -0.05) is 19.3 Å². The standard InChI is InChI=1S/C16H20N4O/c21-15(11-4-2-1-3-5-11)6-13-16-12(7-17-9-19-16)14-8-18-10-20(13)14/h7-11,13,15,21H,1-6H2/t13-,15-/m1/s1. The number of hydrogen-bond acceptors (Lipinski definition) is 4. The molecule has 5 heteroatoms. The highest BCUT2D eigenvalue weighted by Crippen LogP contribution is 2.41. The molecule has 110 valence electrons. The highest BCUT2D eigenvalue weighted by atomic mass is 16.3. The molecule has 1 N–H and O–H groups in total. The summed E-state index contributed by atoms with van der Waals surface area (Å²) in [7, 11) is 0. The third-order valence-electron chi connectivity index (χ3n) is 5.00. The van der Waals surface area contributed by atoms with Crippen LogP contribution < -0.4 is 0 Å². The molecular formula is C16H20N4O. The largest absolute Gasteiger partial charge is 0.393 e. The van der Waals surface area contributed by atoms with Crippen molar-refractivity contribution in [1.82, 2.24) is 19.5 Å². The average molecular weight is 284 g/mol. The number of hydrogen-bond donors (Lipinski definition) is 1. The maximum atomic E-state index is 10.6. The van der Waals surface area contributed by atoms with E-state index in [4.69, 9.17) is 0 Å². The third kappa shape index (κ3) is 2.16. The van der Waals surface area contributed by atoms with Gasteiger partial charge >= 0.3 is 0 Å². The maximum absolute atomic E-state index is 10.6. The second kappa shape index (κ2) is 5.22. The molecule has 0 amide bonds. The molecule has 2 aliphatic rings. The Labute approximate surface area is 124 Å². The van der Waals surface area contributed by atoms with Crippen molar-refractivity contribution in [2.24, 2.45) is 5.92 Å². The van der Waals surface area contributed by atoms with Gasteiger partial charge < -0.3 is 9.67 Å². The van der Waals surface area contributed by atoms with Crippen LogP contribution >= 0.6 is 0 Å². The molecule has 1 saturated carbocycles. The van der Waals surface area contributed by atoms with Crippen molar-refractivity contribution in [3.63, 3.8) is 0 Å². The van der Waals surface area contributed by atoms with E-state index < -0.39 is 0 Å². The Balaban J connectivity index is 1.60. The Morgan fingerprint density at radius 2 is 2.05 bits per heavy atom. The first-order valence-corrected chi connectivity index (χ1v) is 7.85. The number of rotatable bonds is 3. The minimum Gasteiger partial charge on any atom is -0.393 e. The highest BCUT2D eigenvalue weighted by Gasteiger charge is 2.33. The van der Waals surface area contributed by atoms with Crippen LogP contribution in [0.4, 0.5) is 0 Å². The Kier molecular flexibility index (Phi) is 3.22. The highest BCUT2D eigenvalue weighted by molar-refractivity contribution is 5.65. The van der Waals surface area contributed by atoms with E-state index in [1.54, 1.807) is 6.33 Å². The third-order valence-corrected chi connectivity index (χ3v) is 5.00. The van der Waals surface area contributed by atoms with Crippen molar-refractivity contribution >= 4 is 0 Å². The topological polar surface area (TPSA) is 63.8 Å². The SMILES string of the molecule is O[C@H](C[C@@H]1c2ncncc2-c2cncn21)C1CCCCC1. The second-order valence-electron chi connectivity index (χ2n) is 6.22. The summed E-state index contributed by atoms with van der Waals surface area (Å²) in [6, 6.07) is 0.0948. The Bertz CT molecular complexity index is 633. The maximum Gasteiger partial charge on any atom is 0.115 e. The smallest absolute Gasteiger partial charge is 0.115 e. The van der Waals surface area contributed by atoms with Gasteiger partial charge in [0.2, 0.25) is 0 Å². The summed E-state index contributed by atoms with van der Waals surface area (Å²) >= 11 is 0. The number of imidazole rings is 1. The normalized spacial score (nSPS) is 22.8. The van der Waals surface area contributed by atoms with Crippen molar-refractivity contribution in [2.45, 2.75) is 50.7 Å². The van der Waals surface area contributed by atoms with Gasteiger partial charge in [0.15, 0.2) is 0 Å². The lowest BCUT2D eigenvalue weighted by molar-refractivity contribution is 0.0683. The molecule has 0 bridgehead atoms. The van der Waals surface area contributed by atoms with Crippen LogP contribution in [0.25, 0.3) is 11.3 Å². The van der Waals surface area contributed by atoms with E-state index in [9.17, 15) is 5.11 Å². The van der Waals surface area contributed by atoms with Crippen LogP contribution in [0.5, 0.6) is 0 Å². The van der Waals surface area contributed by atoms with Crippen molar-refractivity contribution < 1.29 is 5.11 Å². The number of fused-ring (bicyclic) bond motifs is 3. The molecule has 1 aliphatic heterocycles. The molecule has 0 spiro atoms. The van der Waals surface area contributed by atoms with E-state index in [0.29, 0.717) is 5.92 Å². The minimum atomic E-state index is -0.258. The van der Waals surface area contributed by atoms with Crippen molar-refractivity contribution in [2.75, 3.05) is 0 Å². The van der Waals surface area contributed by atoms with Crippen LogP contribution in [0.2, 0.25) is 0 Å². The van der Waals surface area contributed by atoms with Crippen LogP contribution in [-0.4, -0.2) is 30.7 Å². The zero-order valence-corrected chi connectivity index (χ0v) is 12.0. The zero-order valence-electron chi connectivity index (χ0n) is 12.0. The monoisotopic (exact) mass is 284 g/mol. The number of aromatic nitrogens is 4. The van der Waals surface area contributed by atoms with E-state index in [0.717, 1.165) is 36.2 Å². The fraction of sp³-hybridized carbons (Fsp3) is 0.562. The van der Waals surface area contributed by atoms with Gasteiger partial charge in [-0.2, -0.15) is 0 Å². The van der Waals surface area contributed by atoms with Gasteiger partial charge in [-0.25, -0.2) is 15.0 Å². The zero-order chi connectivity index (χ0) is 14.2. The molecule has 0 radical (unpaired) electrons. The van der Waals surface area contributed by atoms with Crippen LogP contribution in [0.15, 0.2) is 25.0 Å². The number of aliphatic hydroxyl groups excluding tert-OH is 1. The summed E-state index contributed by atoms with van der Waals surface area (Å²) in [6.45, 7) is 0. The van der Waals surface area contributed by atoms with E-state index in [1.165, 1.54) is 19.3 Å². The van der Waals surface area contributed by atoms with Crippen molar-refractivity contribution in [1.29, 1.82) is 0 Å². The Morgan fingerprint density at radius 1 is 1.19 bits per heavy atom. The number of nitrogens with zero attached hydrogens (tertiary/aromatic N) is 4. The van der Waals surface area contributed by atoms with Gasteiger partial charge in [-0.05, 0) is 18.8 Å². The first kappa shape index (κ1) is 13.0. The van der Waals surface area contributed by atoms with Gasteiger partial charge in [-0.15, -0.1) is 0 Å². The molecule has 2 atom stereocenters. The lowest BCUT2D eigenvalue weighted by Gasteiger charge is -2.28. The molecule has 0 aromatic carbocycles. The fourth-order valence-corrected chi connectivity index (χ4v) is 3.86. The summed E-state index contributed by atoms with van der Waals surface area (Å²) in [6.07, 6.45) is 13.7. The van der Waals surface area contributed by atoms with Crippen LogP contribution in [-0.2, 0) is 0 Å². The summed E-state index contributed by atoms with van der Waals surface area (Å²) in [4.78, 5) is 12.8. The molecule has 0 unspecified atom stereocenters. The Hall–Kier alpha value is -1.75. The van der Waals surface area contributed by atoms with E-state index in [1.807, 2.05) is 18.7 Å². The first-order chi connectivity index (χ1) is 10.3. The number of aliphatic hydroxyl groups is 1. The van der Waals surface area contributed by atoms with E-state index >= 15 is 0 Å². The van der Waals surface area contributed by atoms with Gasteiger partial charge in [0.1, 0.15) is 6.33 Å². The fourth-order valence-electron chi connectivity index (χ4n) is 3.86. The average Bonchev–Trinajstić information content (AvgIpc) is 3.11. The molecule has 4 rings (SSSR count). The molecule has 0 saturated heterocycles. The van der Waals surface area contributed by atoms with Crippen molar-refractivity contribution in [3.05, 3.63) is 30.7 Å². The quantitative estimate of drug-likeness (QED) is 0.941. The molecule has 21 heavy (non-hydrogen) atoms. The minimum absolute atomic E-state index is 0.0948. The predicted molar refractivity (Wildman–Crippen MR) is 78.6 cm³/mol. The molecule has 1 fully saturated rings. The van der Waals surface area contributed by atoms with Gasteiger partial charge in [0, 0.05) is 18.2 Å². The van der Waals surface area contributed by atoms with Crippen LogP contribution in [0, 0.1) is 5.92 Å². The second-order valence-corrected chi connectivity index (χ2v) is 6.22. The van der Waals surface area contributed by atoms with Gasteiger partial charge in [0.25, 0.3) is 0 Å². The summed E-state index contributed by atoms with van der Waals surface area (Å²) in [5, 5.41) is 10.6. The Morgan fingerprint density at radius 3 is 2.90 bits per heavy atom. The van der Waals surface area contributed by atoms with Gasteiger partial charge in [0.05, 0.1) is 36.1 Å². The lowest BCUT2D eigenvalue weighted by atomic mass is 9.83. The van der Waals surface area contributed by atoms with Crippen molar-refractivity contribution in [3.8, 4) is 11.3 Å². The lowest BCUT2D eigenvalue weighted by Crippen LogP contribution is -2.26. The van der Waals surface area contributed by atoms with E-state index in [2.05, 4.69) is 19.5 Å². The summed E-state index contributed by atoms with van der Waals surface area (Å²) < 4.78 is 2.13. The summed E-state index contributed by atoms with van der Waals surface area (Å²) in [5.41, 5.74) is 3.14. The molecular weight excluding hydrogens is 264 g/mol.